The SMILES string of the molecule is CCC(Br)C(=O)Nc1cc(C)no1. The zero-order valence-electron chi connectivity index (χ0n) is 7.50. The van der Waals surface area contributed by atoms with Crippen LogP contribution in [0.4, 0.5) is 5.88 Å². The molecule has 1 amide bonds. The minimum Gasteiger partial charge on any atom is -0.338 e. The first kappa shape index (κ1) is 10.2. The smallest absolute Gasteiger partial charge is 0.240 e. The van der Waals surface area contributed by atoms with E-state index in [2.05, 4.69) is 26.4 Å². The Kier molecular flexibility index (Phi) is 3.48. The zero-order valence-corrected chi connectivity index (χ0v) is 9.09. The Balaban J connectivity index is 2.54. The summed E-state index contributed by atoms with van der Waals surface area (Å²) in [5, 5.41) is 6.25. The molecule has 0 aromatic carbocycles. The molecule has 13 heavy (non-hydrogen) atoms. The first-order valence-corrected chi connectivity index (χ1v) is 4.93. The highest BCUT2D eigenvalue weighted by Crippen LogP contribution is 2.12. The Bertz CT molecular complexity index is 298. The van der Waals surface area contributed by atoms with Crippen LogP contribution in [-0.4, -0.2) is 15.9 Å². The fraction of sp³-hybridized carbons (Fsp3) is 0.500. The van der Waals surface area contributed by atoms with Gasteiger partial charge in [0.1, 0.15) is 0 Å². The molecule has 1 rings (SSSR count). The van der Waals surface area contributed by atoms with Crippen molar-refractivity contribution < 1.29 is 9.32 Å². The van der Waals surface area contributed by atoms with E-state index in [1.54, 1.807) is 13.0 Å². The minimum absolute atomic E-state index is 0.112. The van der Waals surface area contributed by atoms with Crippen molar-refractivity contribution >= 4 is 27.7 Å². The van der Waals surface area contributed by atoms with E-state index in [4.69, 9.17) is 4.52 Å². The van der Waals surface area contributed by atoms with E-state index in [1.165, 1.54) is 0 Å². The molecular weight excluding hydrogens is 236 g/mol. The van der Waals surface area contributed by atoms with Gasteiger partial charge in [0.05, 0.1) is 10.5 Å². The fourth-order valence-corrected chi connectivity index (χ4v) is 0.922. The second kappa shape index (κ2) is 4.41. The van der Waals surface area contributed by atoms with Crippen LogP contribution >= 0.6 is 15.9 Å². The molecule has 1 N–H and O–H groups in total. The molecule has 0 spiro atoms. The standard InChI is InChI=1S/C8H11BrN2O2/c1-3-6(9)8(12)10-7-4-5(2)11-13-7/h4,6H,3H2,1-2H3,(H,10,12). The highest BCUT2D eigenvalue weighted by molar-refractivity contribution is 9.10. The molecule has 72 valence electrons. The number of rotatable bonds is 3. The van der Waals surface area contributed by atoms with Crippen molar-refractivity contribution in [2.24, 2.45) is 0 Å². The van der Waals surface area contributed by atoms with Crippen molar-refractivity contribution in [1.29, 1.82) is 0 Å². The van der Waals surface area contributed by atoms with Crippen molar-refractivity contribution in [3.63, 3.8) is 0 Å². The molecule has 0 aliphatic heterocycles. The summed E-state index contributed by atoms with van der Waals surface area (Å²) >= 11 is 3.23. The van der Waals surface area contributed by atoms with E-state index in [-0.39, 0.29) is 10.7 Å². The second-order valence-electron chi connectivity index (χ2n) is 2.70. The Morgan fingerprint density at radius 3 is 3.00 bits per heavy atom. The second-order valence-corrected chi connectivity index (χ2v) is 3.80. The number of halogens is 1. The van der Waals surface area contributed by atoms with Gasteiger partial charge in [-0.05, 0) is 13.3 Å². The normalized spacial score (nSPS) is 12.5. The quantitative estimate of drug-likeness (QED) is 0.832. The van der Waals surface area contributed by atoms with Crippen molar-refractivity contribution in [2.75, 3.05) is 5.32 Å². The fourth-order valence-electron chi connectivity index (χ4n) is 0.808. The molecule has 0 aliphatic rings. The number of hydrogen-bond donors (Lipinski definition) is 1. The van der Waals surface area contributed by atoms with Crippen LogP contribution in [0.25, 0.3) is 0 Å². The monoisotopic (exact) mass is 246 g/mol. The summed E-state index contributed by atoms with van der Waals surface area (Å²) in [4.78, 5) is 11.1. The van der Waals surface area contributed by atoms with Crippen molar-refractivity contribution in [3.05, 3.63) is 11.8 Å². The Hall–Kier alpha value is -0.840. The molecule has 1 heterocycles. The molecule has 0 bridgehead atoms. The van der Waals surface area contributed by atoms with Crippen LogP contribution < -0.4 is 5.32 Å². The van der Waals surface area contributed by atoms with Crippen LogP contribution in [0, 0.1) is 6.92 Å². The first-order chi connectivity index (χ1) is 6.13. The van der Waals surface area contributed by atoms with Gasteiger partial charge in [0.2, 0.25) is 11.8 Å². The number of hydrogen-bond acceptors (Lipinski definition) is 3. The van der Waals surface area contributed by atoms with Crippen LogP contribution in [0.3, 0.4) is 0 Å². The van der Waals surface area contributed by atoms with E-state index in [0.717, 1.165) is 12.1 Å². The maximum absolute atomic E-state index is 11.3. The predicted molar refractivity (Wildman–Crippen MR) is 52.9 cm³/mol. The van der Waals surface area contributed by atoms with Gasteiger partial charge in [0, 0.05) is 6.07 Å². The van der Waals surface area contributed by atoms with E-state index >= 15 is 0 Å². The number of amides is 1. The van der Waals surface area contributed by atoms with Crippen molar-refractivity contribution in [3.8, 4) is 0 Å². The molecule has 1 unspecified atom stereocenters. The highest BCUT2D eigenvalue weighted by Gasteiger charge is 2.13. The molecule has 0 radical (unpaired) electrons. The summed E-state index contributed by atoms with van der Waals surface area (Å²) < 4.78 is 4.83. The predicted octanol–water partition coefficient (Wildman–Crippen LogP) is 2.10. The van der Waals surface area contributed by atoms with Gasteiger partial charge in [-0.25, -0.2) is 0 Å². The summed E-state index contributed by atoms with van der Waals surface area (Å²) in [6, 6.07) is 1.67. The van der Waals surface area contributed by atoms with Gasteiger partial charge in [-0.15, -0.1) is 0 Å². The Labute approximate surface area is 84.8 Å². The van der Waals surface area contributed by atoms with E-state index in [9.17, 15) is 4.79 Å². The zero-order chi connectivity index (χ0) is 9.84. The number of aryl methyl sites for hydroxylation is 1. The number of carbonyl (C=O) groups is 1. The summed E-state index contributed by atoms with van der Waals surface area (Å²) in [5.41, 5.74) is 0.748. The third-order valence-corrected chi connectivity index (χ3v) is 2.58. The molecule has 0 saturated carbocycles. The average molecular weight is 247 g/mol. The number of aromatic nitrogens is 1. The van der Waals surface area contributed by atoms with Crippen LogP contribution in [0.2, 0.25) is 0 Å². The molecule has 0 aliphatic carbocycles. The largest absolute Gasteiger partial charge is 0.338 e. The molecule has 1 aromatic rings. The van der Waals surface area contributed by atoms with Crippen molar-refractivity contribution in [2.45, 2.75) is 25.1 Å². The summed E-state index contributed by atoms with van der Waals surface area (Å²) in [5.74, 6) is 0.277. The van der Waals surface area contributed by atoms with E-state index in [1.807, 2.05) is 6.92 Å². The van der Waals surface area contributed by atoms with Gasteiger partial charge in [0.15, 0.2) is 0 Å². The van der Waals surface area contributed by atoms with Gasteiger partial charge in [-0.3, -0.25) is 10.1 Å². The topological polar surface area (TPSA) is 55.1 Å². The number of alkyl halides is 1. The maximum Gasteiger partial charge on any atom is 0.240 e. The molecule has 0 saturated heterocycles. The van der Waals surface area contributed by atoms with Gasteiger partial charge in [-0.2, -0.15) is 0 Å². The Morgan fingerprint density at radius 2 is 2.54 bits per heavy atom. The molecule has 0 fully saturated rings. The van der Waals surface area contributed by atoms with E-state index in [0.29, 0.717) is 5.88 Å². The lowest BCUT2D eigenvalue weighted by Crippen LogP contribution is -2.21. The Morgan fingerprint density at radius 1 is 1.85 bits per heavy atom. The number of carbonyl (C=O) groups excluding carboxylic acids is 1. The number of anilines is 1. The van der Waals surface area contributed by atoms with Gasteiger partial charge in [-0.1, -0.05) is 28.0 Å². The van der Waals surface area contributed by atoms with Gasteiger partial charge < -0.3 is 4.52 Å². The van der Waals surface area contributed by atoms with Crippen LogP contribution in [0.1, 0.15) is 19.0 Å². The average Bonchev–Trinajstić information content (AvgIpc) is 2.49. The summed E-state index contributed by atoms with van der Waals surface area (Å²) in [6.45, 7) is 3.72. The van der Waals surface area contributed by atoms with Gasteiger partial charge >= 0.3 is 0 Å². The lowest BCUT2D eigenvalue weighted by Gasteiger charge is -2.04. The van der Waals surface area contributed by atoms with Crippen LogP contribution in [0.5, 0.6) is 0 Å². The van der Waals surface area contributed by atoms with Crippen LogP contribution in [0.15, 0.2) is 10.6 Å². The van der Waals surface area contributed by atoms with Gasteiger partial charge in [0.25, 0.3) is 0 Å². The summed E-state index contributed by atoms with van der Waals surface area (Å²) in [7, 11) is 0. The first-order valence-electron chi connectivity index (χ1n) is 4.01. The minimum atomic E-state index is -0.182. The lowest BCUT2D eigenvalue weighted by molar-refractivity contribution is -0.115. The molecular formula is C8H11BrN2O2. The lowest BCUT2D eigenvalue weighted by atomic mass is 10.3. The third-order valence-electron chi connectivity index (χ3n) is 1.52. The maximum atomic E-state index is 11.3. The summed E-state index contributed by atoms with van der Waals surface area (Å²) in [6.07, 6.45) is 0.735. The third kappa shape index (κ3) is 2.84. The highest BCUT2D eigenvalue weighted by atomic mass is 79.9. The number of nitrogens with zero attached hydrogens (tertiary/aromatic N) is 1. The van der Waals surface area contributed by atoms with Crippen molar-refractivity contribution in [1.82, 2.24) is 5.16 Å². The molecule has 4 nitrogen and oxygen atoms in total. The molecule has 5 heteroatoms. The van der Waals surface area contributed by atoms with E-state index < -0.39 is 0 Å². The number of nitrogens with one attached hydrogen (secondary N) is 1. The molecule has 1 atom stereocenters. The van der Waals surface area contributed by atoms with Crippen LogP contribution in [-0.2, 0) is 4.79 Å². The molecule has 1 aromatic heterocycles.